The Bertz CT molecular complexity index is 2680. The van der Waals surface area contributed by atoms with Crippen LogP contribution in [0.4, 0.5) is 0 Å². The highest BCUT2D eigenvalue weighted by Crippen LogP contribution is 2.58. The zero-order valence-corrected chi connectivity index (χ0v) is 26.8. The maximum atomic E-state index is 5.35. The van der Waals surface area contributed by atoms with Gasteiger partial charge in [0.05, 0.1) is 22.4 Å². The quantitative estimate of drug-likeness (QED) is 0.198. The molecule has 0 radical (unpaired) electrons. The number of aromatic nitrogens is 3. The molecule has 3 nitrogen and oxygen atoms in total. The van der Waals surface area contributed by atoms with Gasteiger partial charge in [-0.15, -0.1) is 0 Å². The zero-order valence-electron chi connectivity index (χ0n) is 26.8. The van der Waals surface area contributed by atoms with Crippen LogP contribution in [0.5, 0.6) is 0 Å². The Hall–Kier alpha value is -6.06. The predicted molar refractivity (Wildman–Crippen MR) is 200 cm³/mol. The third-order valence-corrected chi connectivity index (χ3v) is 10.4. The van der Waals surface area contributed by atoms with Gasteiger partial charge in [-0.3, -0.25) is 4.57 Å². The van der Waals surface area contributed by atoms with E-state index in [0.29, 0.717) is 5.95 Å². The summed E-state index contributed by atoms with van der Waals surface area (Å²) in [5.41, 5.74) is 11.4. The van der Waals surface area contributed by atoms with Gasteiger partial charge in [-0.05, 0) is 50.5 Å². The fourth-order valence-electron chi connectivity index (χ4n) is 8.27. The summed E-state index contributed by atoms with van der Waals surface area (Å²) in [5.74, 6) is 0.668. The number of para-hydroxylation sites is 1. The lowest BCUT2D eigenvalue weighted by Gasteiger charge is -2.24. The molecule has 0 saturated heterocycles. The van der Waals surface area contributed by atoms with Crippen molar-refractivity contribution >= 4 is 43.4 Å². The van der Waals surface area contributed by atoms with Gasteiger partial charge in [0.15, 0.2) is 0 Å². The van der Waals surface area contributed by atoms with Crippen LogP contribution >= 0.6 is 0 Å². The van der Waals surface area contributed by atoms with E-state index >= 15 is 0 Å². The number of hydrogen-bond donors (Lipinski definition) is 0. The highest BCUT2D eigenvalue weighted by Gasteiger charge is 2.40. The lowest BCUT2D eigenvalue weighted by Crippen LogP contribution is -2.15. The monoisotopic (exact) mass is 613 g/mol. The minimum Gasteiger partial charge on any atom is -0.277 e. The summed E-state index contributed by atoms with van der Waals surface area (Å²) in [5, 5.41) is 7.51. The van der Waals surface area contributed by atoms with Gasteiger partial charge in [0.1, 0.15) is 0 Å². The van der Waals surface area contributed by atoms with E-state index in [2.05, 4.69) is 158 Å². The second-order valence-electron chi connectivity index (χ2n) is 13.4. The molecule has 0 spiro atoms. The normalized spacial score (nSPS) is 13.4. The van der Waals surface area contributed by atoms with Crippen LogP contribution < -0.4 is 0 Å². The Kier molecular flexibility index (Phi) is 5.63. The summed E-state index contributed by atoms with van der Waals surface area (Å²) in [6, 6.07) is 54.2. The predicted octanol–water partition coefficient (Wildman–Crippen LogP) is 11.5. The van der Waals surface area contributed by atoms with Crippen LogP contribution in [0.1, 0.15) is 25.0 Å². The van der Waals surface area contributed by atoms with Crippen molar-refractivity contribution in [3.8, 4) is 39.6 Å². The smallest absolute Gasteiger partial charge is 0.235 e. The van der Waals surface area contributed by atoms with E-state index in [0.717, 1.165) is 33.5 Å². The molecule has 0 amide bonds. The van der Waals surface area contributed by atoms with Gasteiger partial charge in [-0.1, -0.05) is 153 Å². The molecule has 2 aromatic heterocycles. The van der Waals surface area contributed by atoms with Gasteiger partial charge in [0, 0.05) is 32.7 Å². The maximum absolute atomic E-state index is 5.35. The molecule has 0 atom stereocenters. The first-order chi connectivity index (χ1) is 23.6. The Morgan fingerprint density at radius 2 is 1.06 bits per heavy atom. The van der Waals surface area contributed by atoms with Gasteiger partial charge < -0.3 is 0 Å². The van der Waals surface area contributed by atoms with E-state index in [1.54, 1.807) is 0 Å². The Labute approximate surface area is 278 Å². The molecular weight excluding hydrogens is 583 g/mol. The van der Waals surface area contributed by atoms with Gasteiger partial charge in [-0.25, -0.2) is 9.97 Å². The van der Waals surface area contributed by atoms with Crippen molar-refractivity contribution in [3.63, 3.8) is 0 Å². The number of hydrogen-bond acceptors (Lipinski definition) is 2. The Morgan fingerprint density at radius 1 is 0.500 bits per heavy atom. The third-order valence-electron chi connectivity index (χ3n) is 10.4. The first kappa shape index (κ1) is 27.1. The average molecular weight is 614 g/mol. The standard InChI is InChI=1S/C45H31N3/c1-45(2)35-26-25-28-15-9-10-20-31(28)39(35)41-40-34-23-13-14-24-38(34)48(43(40)33-22-12-11-21-32(33)42(41)45)44-46-36(29-16-5-3-6-17-29)27-37(47-44)30-18-7-4-8-19-30/h3-27H,1-2H3. The molecule has 0 unspecified atom stereocenters. The van der Waals surface area contributed by atoms with Gasteiger partial charge in [0.25, 0.3) is 0 Å². The number of nitrogens with zero attached hydrogens (tertiary/aromatic N) is 3. The molecule has 3 heteroatoms. The molecule has 0 N–H and O–H groups in total. The summed E-state index contributed by atoms with van der Waals surface area (Å²) in [6.07, 6.45) is 0. The molecule has 2 heterocycles. The van der Waals surface area contributed by atoms with Crippen LogP contribution in [0.3, 0.4) is 0 Å². The highest BCUT2D eigenvalue weighted by molar-refractivity contribution is 6.28. The summed E-state index contributed by atoms with van der Waals surface area (Å²) in [6.45, 7) is 4.78. The van der Waals surface area contributed by atoms with Gasteiger partial charge >= 0.3 is 0 Å². The van der Waals surface area contributed by atoms with E-state index < -0.39 is 0 Å². The molecule has 48 heavy (non-hydrogen) atoms. The fraction of sp³-hybridized carbons (Fsp3) is 0.0667. The van der Waals surface area contributed by atoms with Crippen molar-refractivity contribution in [3.05, 3.63) is 163 Å². The highest BCUT2D eigenvalue weighted by atomic mass is 15.2. The van der Waals surface area contributed by atoms with Crippen molar-refractivity contribution in [2.24, 2.45) is 0 Å². The average Bonchev–Trinajstić information content (AvgIpc) is 3.62. The van der Waals surface area contributed by atoms with E-state index in [9.17, 15) is 0 Å². The zero-order chi connectivity index (χ0) is 32.0. The molecule has 10 rings (SSSR count). The first-order valence-corrected chi connectivity index (χ1v) is 16.6. The minimum atomic E-state index is -0.185. The molecule has 7 aromatic carbocycles. The van der Waals surface area contributed by atoms with Gasteiger partial charge in [-0.2, -0.15) is 0 Å². The second-order valence-corrected chi connectivity index (χ2v) is 13.4. The molecule has 226 valence electrons. The Balaban J connectivity index is 1.42. The van der Waals surface area contributed by atoms with Crippen LogP contribution in [-0.2, 0) is 5.41 Å². The van der Waals surface area contributed by atoms with Crippen LogP contribution in [0.2, 0.25) is 0 Å². The summed E-state index contributed by atoms with van der Waals surface area (Å²) in [4.78, 5) is 10.7. The van der Waals surface area contributed by atoms with Crippen molar-refractivity contribution in [2.75, 3.05) is 0 Å². The summed E-state index contributed by atoms with van der Waals surface area (Å²) < 4.78 is 2.32. The lowest BCUT2D eigenvalue weighted by molar-refractivity contribution is 0.667. The van der Waals surface area contributed by atoms with Crippen molar-refractivity contribution in [2.45, 2.75) is 19.3 Å². The molecule has 0 bridgehead atoms. The van der Waals surface area contributed by atoms with E-state index in [4.69, 9.17) is 9.97 Å². The van der Waals surface area contributed by atoms with E-state index in [1.165, 1.54) is 54.6 Å². The molecule has 0 saturated carbocycles. The van der Waals surface area contributed by atoms with Crippen LogP contribution in [0.15, 0.2) is 152 Å². The molecule has 1 aliphatic rings. The Morgan fingerprint density at radius 3 is 1.75 bits per heavy atom. The van der Waals surface area contributed by atoms with Crippen LogP contribution in [-0.4, -0.2) is 14.5 Å². The molecular formula is C45H31N3. The van der Waals surface area contributed by atoms with E-state index in [-0.39, 0.29) is 5.41 Å². The third kappa shape index (κ3) is 3.70. The van der Waals surface area contributed by atoms with Crippen LogP contribution in [0.25, 0.3) is 82.9 Å². The molecule has 0 aliphatic heterocycles. The SMILES string of the molecule is CC1(C)c2ccc3ccccc3c2-c2c1c1ccccc1c1c2c2ccccc2n1-c1nc(-c2ccccc2)cc(-c2ccccc2)n1. The number of benzene rings is 7. The van der Waals surface area contributed by atoms with Crippen molar-refractivity contribution < 1.29 is 0 Å². The van der Waals surface area contributed by atoms with Crippen molar-refractivity contribution in [1.29, 1.82) is 0 Å². The van der Waals surface area contributed by atoms with Crippen molar-refractivity contribution in [1.82, 2.24) is 14.5 Å². The number of rotatable bonds is 3. The fourth-order valence-corrected chi connectivity index (χ4v) is 8.27. The first-order valence-electron chi connectivity index (χ1n) is 16.6. The minimum absolute atomic E-state index is 0.185. The molecule has 9 aromatic rings. The van der Waals surface area contributed by atoms with Crippen LogP contribution in [0, 0.1) is 0 Å². The lowest BCUT2D eigenvalue weighted by atomic mass is 9.79. The summed E-state index contributed by atoms with van der Waals surface area (Å²) >= 11 is 0. The van der Waals surface area contributed by atoms with Gasteiger partial charge in [0.2, 0.25) is 5.95 Å². The topological polar surface area (TPSA) is 30.7 Å². The largest absolute Gasteiger partial charge is 0.277 e. The van der Waals surface area contributed by atoms with E-state index in [1.807, 2.05) is 12.1 Å². The maximum Gasteiger partial charge on any atom is 0.235 e. The molecule has 1 aliphatic carbocycles. The molecule has 0 fully saturated rings. The number of fused-ring (bicyclic) bond motifs is 12. The second kappa shape index (κ2) is 9.97. The summed E-state index contributed by atoms with van der Waals surface area (Å²) in [7, 11) is 0.